The number of nitrogens with one attached hydrogen (secondary N) is 1. The number of hydrogen-bond acceptors (Lipinski definition) is 3. The van der Waals surface area contributed by atoms with Gasteiger partial charge in [-0.3, -0.25) is 14.3 Å². The summed E-state index contributed by atoms with van der Waals surface area (Å²) in [5.41, 5.74) is -0.231. The van der Waals surface area contributed by atoms with Crippen LogP contribution in [0.4, 0.5) is 0 Å². The molecule has 0 atom stereocenters. The van der Waals surface area contributed by atoms with E-state index in [0.29, 0.717) is 18.4 Å². The van der Waals surface area contributed by atoms with Crippen LogP contribution in [0, 0.1) is 0 Å². The van der Waals surface area contributed by atoms with E-state index in [1.807, 2.05) is 20.8 Å². The van der Waals surface area contributed by atoms with Crippen molar-refractivity contribution in [3.63, 3.8) is 0 Å². The molecule has 1 aromatic heterocycles. The molecule has 6 nitrogen and oxygen atoms in total. The fraction of sp³-hybridized carbons (Fsp3) is 0.643. The quantitative estimate of drug-likeness (QED) is 0.764. The second kappa shape index (κ2) is 7.07. The Morgan fingerprint density at radius 1 is 1.35 bits per heavy atom. The van der Waals surface area contributed by atoms with Gasteiger partial charge in [-0.2, -0.15) is 5.10 Å². The molecule has 0 saturated carbocycles. The van der Waals surface area contributed by atoms with Crippen LogP contribution in [-0.4, -0.2) is 32.3 Å². The van der Waals surface area contributed by atoms with E-state index in [1.165, 1.54) is 6.20 Å². The van der Waals surface area contributed by atoms with Crippen LogP contribution in [0.2, 0.25) is 0 Å². The van der Waals surface area contributed by atoms with Crippen molar-refractivity contribution >= 4 is 11.9 Å². The van der Waals surface area contributed by atoms with Crippen LogP contribution in [-0.2, 0) is 11.3 Å². The number of carboxylic acids is 1. The van der Waals surface area contributed by atoms with Gasteiger partial charge in [0.2, 0.25) is 0 Å². The van der Waals surface area contributed by atoms with Crippen LogP contribution in [0.5, 0.6) is 0 Å². The summed E-state index contributed by atoms with van der Waals surface area (Å²) in [7, 11) is 0. The Kier molecular flexibility index (Phi) is 5.73. The van der Waals surface area contributed by atoms with E-state index in [0.717, 1.165) is 13.0 Å². The van der Waals surface area contributed by atoms with Gasteiger partial charge in [0.15, 0.2) is 0 Å². The number of carboxylic acid groups (broad SMARTS) is 1. The number of amides is 1. The van der Waals surface area contributed by atoms with Crippen molar-refractivity contribution in [2.75, 3.05) is 0 Å². The average Bonchev–Trinajstić information content (AvgIpc) is 2.86. The Morgan fingerprint density at radius 3 is 2.50 bits per heavy atom. The van der Waals surface area contributed by atoms with Crippen molar-refractivity contribution in [3.8, 4) is 0 Å². The van der Waals surface area contributed by atoms with Crippen molar-refractivity contribution in [2.24, 2.45) is 0 Å². The molecular formula is C14H23N3O3. The second-order valence-electron chi connectivity index (χ2n) is 5.00. The molecule has 1 aromatic rings. The molecule has 1 amide bonds. The molecule has 0 unspecified atom stereocenters. The maximum absolute atomic E-state index is 12.2. The lowest BCUT2D eigenvalue weighted by atomic mass is 9.88. The van der Waals surface area contributed by atoms with Crippen LogP contribution < -0.4 is 5.32 Å². The van der Waals surface area contributed by atoms with Crippen molar-refractivity contribution < 1.29 is 14.7 Å². The summed E-state index contributed by atoms with van der Waals surface area (Å²) in [5.74, 6) is -1.17. The van der Waals surface area contributed by atoms with Gasteiger partial charge in [0, 0.05) is 12.7 Å². The normalized spacial score (nSPS) is 11.3. The van der Waals surface area contributed by atoms with Crippen LogP contribution in [0.15, 0.2) is 12.4 Å². The number of rotatable bonds is 8. The third kappa shape index (κ3) is 4.08. The van der Waals surface area contributed by atoms with Crippen molar-refractivity contribution in [2.45, 2.75) is 58.5 Å². The van der Waals surface area contributed by atoms with Gasteiger partial charge in [0.1, 0.15) is 0 Å². The Hall–Kier alpha value is -1.85. The average molecular weight is 281 g/mol. The predicted molar refractivity (Wildman–Crippen MR) is 75.6 cm³/mol. The maximum atomic E-state index is 12.2. The fourth-order valence-electron chi connectivity index (χ4n) is 2.16. The van der Waals surface area contributed by atoms with Crippen molar-refractivity contribution in [1.82, 2.24) is 15.1 Å². The molecule has 20 heavy (non-hydrogen) atoms. The fourth-order valence-corrected chi connectivity index (χ4v) is 2.16. The molecule has 0 spiro atoms. The smallest absolute Gasteiger partial charge is 0.305 e. The second-order valence-corrected chi connectivity index (χ2v) is 5.00. The van der Waals surface area contributed by atoms with Gasteiger partial charge in [-0.05, 0) is 19.3 Å². The number of aliphatic carboxylic acids is 1. The summed E-state index contributed by atoms with van der Waals surface area (Å²) < 4.78 is 1.71. The summed E-state index contributed by atoms with van der Waals surface area (Å²) in [4.78, 5) is 23.2. The minimum atomic E-state index is -0.907. The Bertz CT molecular complexity index is 464. The molecular weight excluding hydrogens is 258 g/mol. The zero-order valence-corrected chi connectivity index (χ0v) is 12.3. The molecule has 0 radical (unpaired) electrons. The molecule has 0 fully saturated rings. The van der Waals surface area contributed by atoms with E-state index >= 15 is 0 Å². The lowest BCUT2D eigenvalue weighted by Crippen LogP contribution is -2.49. The number of hydrogen-bond donors (Lipinski definition) is 2. The van der Waals surface area contributed by atoms with Crippen LogP contribution in [0.3, 0.4) is 0 Å². The summed E-state index contributed by atoms with van der Waals surface area (Å²) in [6, 6.07) is 0. The standard InChI is InChI=1S/C14H23N3O3/c1-4-7-17-10-11(9-15-17)13(20)16-14(5-2,6-3)8-12(18)19/h9-10H,4-8H2,1-3H3,(H,16,20)(H,18,19). The maximum Gasteiger partial charge on any atom is 0.305 e. The first-order valence-corrected chi connectivity index (χ1v) is 7.03. The Labute approximate surface area is 119 Å². The molecule has 0 aromatic carbocycles. The highest BCUT2D eigenvalue weighted by atomic mass is 16.4. The molecule has 2 N–H and O–H groups in total. The molecule has 0 aliphatic rings. The zero-order valence-electron chi connectivity index (χ0n) is 12.3. The lowest BCUT2D eigenvalue weighted by molar-refractivity contribution is -0.138. The summed E-state index contributed by atoms with van der Waals surface area (Å²) in [5, 5.41) is 16.0. The summed E-state index contributed by atoms with van der Waals surface area (Å²) >= 11 is 0. The predicted octanol–water partition coefficient (Wildman–Crippen LogP) is 2.06. The topological polar surface area (TPSA) is 84.2 Å². The van der Waals surface area contributed by atoms with E-state index in [-0.39, 0.29) is 12.3 Å². The molecule has 112 valence electrons. The highest BCUT2D eigenvalue weighted by molar-refractivity contribution is 5.94. The van der Waals surface area contributed by atoms with Gasteiger partial charge in [0.25, 0.3) is 5.91 Å². The third-order valence-corrected chi connectivity index (χ3v) is 3.57. The van der Waals surface area contributed by atoms with Gasteiger partial charge in [0.05, 0.1) is 23.7 Å². The van der Waals surface area contributed by atoms with E-state index in [2.05, 4.69) is 10.4 Å². The first-order valence-electron chi connectivity index (χ1n) is 7.03. The van der Waals surface area contributed by atoms with Gasteiger partial charge in [-0.25, -0.2) is 0 Å². The first-order chi connectivity index (χ1) is 9.46. The SMILES string of the molecule is CCCn1cc(C(=O)NC(CC)(CC)CC(=O)O)cn1. The third-order valence-electron chi connectivity index (χ3n) is 3.57. The summed E-state index contributed by atoms with van der Waals surface area (Å²) in [6.45, 7) is 6.56. The number of aryl methyl sites for hydroxylation is 1. The minimum Gasteiger partial charge on any atom is -0.481 e. The Morgan fingerprint density at radius 2 is 2.00 bits per heavy atom. The number of carbonyl (C=O) groups is 2. The van der Waals surface area contributed by atoms with Gasteiger partial charge in [-0.1, -0.05) is 20.8 Å². The van der Waals surface area contributed by atoms with Crippen molar-refractivity contribution in [1.29, 1.82) is 0 Å². The van der Waals surface area contributed by atoms with Gasteiger partial charge in [-0.15, -0.1) is 0 Å². The molecule has 0 aliphatic heterocycles. The van der Waals surface area contributed by atoms with Crippen LogP contribution in [0.25, 0.3) is 0 Å². The molecule has 0 aliphatic carbocycles. The molecule has 0 bridgehead atoms. The molecule has 1 rings (SSSR count). The van der Waals surface area contributed by atoms with E-state index in [4.69, 9.17) is 5.11 Å². The highest BCUT2D eigenvalue weighted by Gasteiger charge is 2.31. The van der Waals surface area contributed by atoms with Crippen LogP contribution >= 0.6 is 0 Å². The summed E-state index contributed by atoms with van der Waals surface area (Å²) in [6.07, 6.45) is 5.22. The molecule has 0 saturated heterocycles. The monoisotopic (exact) mass is 281 g/mol. The molecule has 6 heteroatoms. The Balaban J connectivity index is 2.81. The lowest BCUT2D eigenvalue weighted by Gasteiger charge is -2.31. The van der Waals surface area contributed by atoms with E-state index in [9.17, 15) is 9.59 Å². The van der Waals surface area contributed by atoms with Crippen LogP contribution in [0.1, 0.15) is 56.8 Å². The molecule has 1 heterocycles. The zero-order chi connectivity index (χ0) is 15.2. The number of carbonyl (C=O) groups excluding carboxylic acids is 1. The number of aromatic nitrogens is 2. The highest BCUT2D eigenvalue weighted by Crippen LogP contribution is 2.20. The first kappa shape index (κ1) is 16.2. The van der Waals surface area contributed by atoms with E-state index in [1.54, 1.807) is 10.9 Å². The van der Waals surface area contributed by atoms with Gasteiger partial charge < -0.3 is 10.4 Å². The van der Waals surface area contributed by atoms with E-state index < -0.39 is 11.5 Å². The minimum absolute atomic E-state index is 0.0746. The van der Waals surface area contributed by atoms with Gasteiger partial charge >= 0.3 is 5.97 Å². The largest absolute Gasteiger partial charge is 0.481 e. The van der Waals surface area contributed by atoms with Crippen molar-refractivity contribution in [3.05, 3.63) is 18.0 Å². The number of nitrogens with zero attached hydrogens (tertiary/aromatic N) is 2.